The lowest BCUT2D eigenvalue weighted by Gasteiger charge is -2.07. The van der Waals surface area contributed by atoms with Gasteiger partial charge >= 0.3 is 0 Å². The second kappa shape index (κ2) is 5.31. The fraction of sp³-hybridized carbons (Fsp3) is 0. The highest BCUT2D eigenvalue weighted by Gasteiger charge is 2.18. The largest absolute Gasteiger partial charge is 0.506 e. The molecule has 0 bridgehead atoms. The van der Waals surface area contributed by atoms with E-state index in [1.807, 2.05) is 0 Å². The van der Waals surface area contributed by atoms with Crippen molar-refractivity contribution in [3.05, 3.63) is 62.0 Å². The van der Waals surface area contributed by atoms with Gasteiger partial charge in [0.25, 0.3) is 0 Å². The van der Waals surface area contributed by atoms with Crippen molar-refractivity contribution in [2.45, 2.75) is 0 Å². The zero-order valence-electron chi connectivity index (χ0n) is 8.95. The van der Waals surface area contributed by atoms with Crippen molar-refractivity contribution < 1.29 is 9.90 Å². The minimum absolute atomic E-state index is 0.0536. The number of ketones is 1. The first-order valence-electron chi connectivity index (χ1n) is 4.98. The first-order chi connectivity index (χ1) is 8.50. The monoisotopic (exact) mass is 344 g/mol. The Labute approximate surface area is 122 Å². The number of halogens is 3. The lowest BCUT2D eigenvalue weighted by atomic mass is 10.0. The Morgan fingerprint density at radius 2 is 1.78 bits per heavy atom. The molecule has 0 radical (unpaired) electrons. The first kappa shape index (κ1) is 13.4. The summed E-state index contributed by atoms with van der Waals surface area (Å²) in [5, 5.41) is 10.2. The van der Waals surface area contributed by atoms with Gasteiger partial charge in [-0.3, -0.25) is 4.79 Å². The molecule has 0 amide bonds. The van der Waals surface area contributed by atoms with Crippen LogP contribution in [0.3, 0.4) is 0 Å². The van der Waals surface area contributed by atoms with Gasteiger partial charge < -0.3 is 5.11 Å². The summed E-state index contributed by atoms with van der Waals surface area (Å²) >= 11 is 14.9. The second-order valence-electron chi connectivity index (χ2n) is 3.59. The normalized spacial score (nSPS) is 10.4. The Bertz CT molecular complexity index is 626. The molecule has 0 aliphatic heterocycles. The molecule has 2 rings (SSSR count). The maximum absolute atomic E-state index is 12.3. The van der Waals surface area contributed by atoms with E-state index in [2.05, 4.69) is 15.9 Å². The molecule has 0 saturated carbocycles. The van der Waals surface area contributed by atoms with E-state index in [0.717, 1.165) is 0 Å². The number of carbonyl (C=O) groups is 1. The number of rotatable bonds is 2. The molecule has 0 unspecified atom stereocenters. The average Bonchev–Trinajstić information content (AvgIpc) is 2.33. The second-order valence-corrected chi connectivity index (χ2v) is 5.29. The number of carbonyl (C=O) groups excluding carboxylic acids is 1. The van der Waals surface area contributed by atoms with Crippen molar-refractivity contribution in [2.75, 3.05) is 0 Å². The number of phenols is 1. The van der Waals surface area contributed by atoms with Gasteiger partial charge in [0.15, 0.2) is 5.78 Å². The predicted molar refractivity (Wildman–Crippen MR) is 75.7 cm³/mol. The Kier molecular flexibility index (Phi) is 3.95. The summed E-state index contributed by atoms with van der Waals surface area (Å²) in [6.07, 6.45) is 0. The van der Waals surface area contributed by atoms with Crippen LogP contribution in [-0.2, 0) is 0 Å². The molecule has 0 aliphatic carbocycles. The van der Waals surface area contributed by atoms with Gasteiger partial charge in [-0.15, -0.1) is 0 Å². The number of hydrogen-bond donors (Lipinski definition) is 1. The summed E-state index contributed by atoms with van der Waals surface area (Å²) in [5.74, 6) is -0.605. The molecule has 2 nitrogen and oxygen atoms in total. The number of hydrogen-bond acceptors (Lipinski definition) is 2. The Hall–Kier alpha value is -1.03. The van der Waals surface area contributed by atoms with Crippen LogP contribution >= 0.6 is 39.1 Å². The van der Waals surface area contributed by atoms with Gasteiger partial charge in [-0.2, -0.15) is 0 Å². The lowest BCUT2D eigenvalue weighted by Crippen LogP contribution is -2.03. The molecule has 0 aliphatic rings. The van der Waals surface area contributed by atoms with Crippen LogP contribution in [0, 0.1) is 0 Å². The molecular weight excluding hydrogens is 339 g/mol. The van der Waals surface area contributed by atoms with Crippen LogP contribution in [0.5, 0.6) is 5.75 Å². The topological polar surface area (TPSA) is 37.3 Å². The molecule has 0 spiro atoms. The van der Waals surface area contributed by atoms with E-state index in [-0.39, 0.29) is 22.1 Å². The molecule has 0 saturated heterocycles. The molecule has 0 aromatic heterocycles. The van der Waals surface area contributed by atoms with E-state index in [4.69, 9.17) is 23.2 Å². The van der Waals surface area contributed by atoms with E-state index >= 15 is 0 Å². The van der Waals surface area contributed by atoms with Gasteiger partial charge in [0.2, 0.25) is 0 Å². The highest BCUT2D eigenvalue weighted by molar-refractivity contribution is 9.10. The third kappa shape index (κ3) is 2.53. The fourth-order valence-electron chi connectivity index (χ4n) is 1.53. The third-order valence-corrected chi connectivity index (χ3v) is 3.59. The standard InChI is InChI=1S/C13H7BrCl2O2/c14-10-4-2-1-3-8(10)12(17)9-5-7(15)6-11(16)13(9)18/h1-6,18H. The van der Waals surface area contributed by atoms with E-state index < -0.39 is 0 Å². The number of aromatic hydroxyl groups is 1. The van der Waals surface area contributed by atoms with Gasteiger partial charge in [-0.25, -0.2) is 0 Å². The van der Waals surface area contributed by atoms with Crippen LogP contribution < -0.4 is 0 Å². The number of benzene rings is 2. The van der Waals surface area contributed by atoms with Gasteiger partial charge in [0.1, 0.15) is 5.75 Å². The van der Waals surface area contributed by atoms with Crippen LogP contribution in [-0.4, -0.2) is 10.9 Å². The van der Waals surface area contributed by atoms with Crippen molar-refractivity contribution >= 4 is 44.9 Å². The van der Waals surface area contributed by atoms with Crippen molar-refractivity contribution in [2.24, 2.45) is 0 Å². The Morgan fingerprint density at radius 1 is 1.11 bits per heavy atom. The zero-order valence-corrected chi connectivity index (χ0v) is 12.1. The minimum atomic E-state index is -0.343. The summed E-state index contributed by atoms with van der Waals surface area (Å²) in [4.78, 5) is 12.3. The van der Waals surface area contributed by atoms with Crippen LogP contribution in [0.25, 0.3) is 0 Å². The molecule has 0 fully saturated rings. The quantitative estimate of drug-likeness (QED) is 0.801. The minimum Gasteiger partial charge on any atom is -0.506 e. The molecule has 0 atom stereocenters. The molecule has 2 aromatic carbocycles. The molecular formula is C13H7BrCl2O2. The van der Waals surface area contributed by atoms with Crippen molar-refractivity contribution in [1.29, 1.82) is 0 Å². The van der Waals surface area contributed by atoms with Crippen molar-refractivity contribution in [3.8, 4) is 5.75 Å². The maximum atomic E-state index is 12.3. The Balaban J connectivity index is 2.57. The third-order valence-electron chi connectivity index (χ3n) is 2.39. The molecule has 92 valence electrons. The van der Waals surface area contributed by atoms with Crippen LogP contribution in [0.2, 0.25) is 10.0 Å². The summed E-state index contributed by atoms with van der Waals surface area (Å²) in [6, 6.07) is 9.71. The van der Waals surface area contributed by atoms with E-state index in [1.165, 1.54) is 12.1 Å². The molecule has 2 aromatic rings. The van der Waals surface area contributed by atoms with Crippen molar-refractivity contribution in [3.63, 3.8) is 0 Å². The highest BCUT2D eigenvalue weighted by Crippen LogP contribution is 2.33. The van der Waals surface area contributed by atoms with E-state index in [0.29, 0.717) is 15.1 Å². The van der Waals surface area contributed by atoms with E-state index in [1.54, 1.807) is 24.3 Å². The SMILES string of the molecule is O=C(c1ccccc1Br)c1cc(Cl)cc(Cl)c1O. The van der Waals surface area contributed by atoms with Gasteiger partial charge in [0, 0.05) is 15.1 Å². The van der Waals surface area contributed by atoms with Crippen LogP contribution in [0.15, 0.2) is 40.9 Å². The van der Waals surface area contributed by atoms with Crippen LogP contribution in [0.1, 0.15) is 15.9 Å². The summed E-state index contributed by atoms with van der Waals surface area (Å²) in [7, 11) is 0. The zero-order chi connectivity index (χ0) is 13.3. The molecule has 18 heavy (non-hydrogen) atoms. The van der Waals surface area contributed by atoms with Gasteiger partial charge in [0.05, 0.1) is 10.6 Å². The van der Waals surface area contributed by atoms with E-state index in [9.17, 15) is 9.90 Å². The van der Waals surface area contributed by atoms with Crippen LogP contribution in [0.4, 0.5) is 0 Å². The summed E-state index contributed by atoms with van der Waals surface area (Å²) in [5.41, 5.74) is 0.519. The van der Waals surface area contributed by atoms with Gasteiger partial charge in [-0.1, -0.05) is 51.3 Å². The molecule has 5 heteroatoms. The predicted octanol–water partition coefficient (Wildman–Crippen LogP) is 4.69. The summed E-state index contributed by atoms with van der Waals surface area (Å²) < 4.78 is 0.644. The van der Waals surface area contributed by atoms with Gasteiger partial charge in [-0.05, 0) is 24.3 Å². The smallest absolute Gasteiger partial charge is 0.197 e. The fourth-order valence-corrected chi connectivity index (χ4v) is 2.49. The average molecular weight is 346 g/mol. The van der Waals surface area contributed by atoms with Crippen molar-refractivity contribution in [1.82, 2.24) is 0 Å². The summed E-state index contributed by atoms with van der Waals surface area (Å²) in [6.45, 7) is 0. The molecule has 0 heterocycles. The Morgan fingerprint density at radius 3 is 2.44 bits per heavy atom. The lowest BCUT2D eigenvalue weighted by molar-refractivity contribution is 0.103. The molecule has 1 N–H and O–H groups in total. The maximum Gasteiger partial charge on any atom is 0.197 e. The number of phenolic OH excluding ortho intramolecular Hbond substituents is 1. The first-order valence-corrected chi connectivity index (χ1v) is 6.53. The highest BCUT2D eigenvalue weighted by atomic mass is 79.9.